The van der Waals surface area contributed by atoms with Crippen LogP contribution in [0.2, 0.25) is 0 Å². The van der Waals surface area contributed by atoms with Crippen LogP contribution in [-0.4, -0.2) is 51.2 Å². The molecular formula is C17H25N5O2. The Kier molecular flexibility index (Phi) is 4.99. The molecule has 0 radical (unpaired) electrons. The summed E-state index contributed by atoms with van der Waals surface area (Å²) >= 11 is 0. The van der Waals surface area contributed by atoms with Crippen LogP contribution >= 0.6 is 0 Å². The quantitative estimate of drug-likeness (QED) is 0.871. The normalized spacial score (nSPS) is 20.8. The summed E-state index contributed by atoms with van der Waals surface area (Å²) in [6, 6.07) is 0.331. The average Bonchev–Trinajstić information content (AvgIpc) is 3.22. The third-order valence-electron chi connectivity index (χ3n) is 4.47. The summed E-state index contributed by atoms with van der Waals surface area (Å²) in [5.41, 5.74) is 1.17. The molecule has 1 aliphatic heterocycles. The molecule has 0 amide bonds. The zero-order valence-corrected chi connectivity index (χ0v) is 14.5. The van der Waals surface area contributed by atoms with Crippen LogP contribution in [0.1, 0.15) is 38.3 Å². The van der Waals surface area contributed by atoms with Crippen molar-refractivity contribution >= 4 is 5.82 Å². The monoisotopic (exact) mass is 331 g/mol. The van der Waals surface area contributed by atoms with Crippen molar-refractivity contribution in [3.05, 3.63) is 30.4 Å². The van der Waals surface area contributed by atoms with Gasteiger partial charge < -0.3 is 14.7 Å². The van der Waals surface area contributed by atoms with Crippen LogP contribution in [0.5, 0.6) is 5.88 Å². The van der Waals surface area contributed by atoms with E-state index >= 15 is 0 Å². The van der Waals surface area contributed by atoms with E-state index in [4.69, 9.17) is 4.74 Å². The molecule has 3 heterocycles. The summed E-state index contributed by atoms with van der Waals surface area (Å²) in [7, 11) is 0. The molecule has 0 aliphatic carbocycles. The lowest BCUT2D eigenvalue weighted by molar-refractivity contribution is 0.227. The van der Waals surface area contributed by atoms with Crippen LogP contribution in [0.25, 0.3) is 0 Å². The van der Waals surface area contributed by atoms with E-state index in [-0.39, 0.29) is 18.4 Å². The van der Waals surface area contributed by atoms with Crippen LogP contribution in [-0.2, 0) is 0 Å². The molecule has 0 bridgehead atoms. The van der Waals surface area contributed by atoms with Crippen molar-refractivity contribution in [2.45, 2.75) is 32.7 Å². The van der Waals surface area contributed by atoms with Crippen molar-refractivity contribution in [3.8, 4) is 5.88 Å². The van der Waals surface area contributed by atoms with Crippen molar-refractivity contribution in [1.29, 1.82) is 0 Å². The maximum atomic E-state index is 9.80. The van der Waals surface area contributed by atoms with Gasteiger partial charge >= 0.3 is 0 Å². The lowest BCUT2D eigenvalue weighted by Gasteiger charge is -2.17. The van der Waals surface area contributed by atoms with Crippen LogP contribution in [0.15, 0.2) is 24.8 Å². The summed E-state index contributed by atoms with van der Waals surface area (Å²) in [4.78, 5) is 10.9. The molecule has 0 spiro atoms. The van der Waals surface area contributed by atoms with Gasteiger partial charge in [-0.3, -0.25) is 9.67 Å². The first-order valence-electron chi connectivity index (χ1n) is 8.47. The molecule has 2 aromatic heterocycles. The van der Waals surface area contributed by atoms with Gasteiger partial charge in [0.2, 0.25) is 5.88 Å². The number of nitrogens with zero attached hydrogens (tertiary/aromatic N) is 5. The fourth-order valence-corrected chi connectivity index (χ4v) is 3.16. The summed E-state index contributed by atoms with van der Waals surface area (Å²) in [5, 5.41) is 14.2. The first-order valence-corrected chi connectivity index (χ1v) is 8.47. The number of aliphatic hydroxyl groups is 1. The Morgan fingerprint density at radius 1 is 1.29 bits per heavy atom. The van der Waals surface area contributed by atoms with Crippen molar-refractivity contribution < 1.29 is 9.84 Å². The highest BCUT2D eigenvalue weighted by molar-refractivity contribution is 5.41. The van der Waals surface area contributed by atoms with Crippen LogP contribution in [0.3, 0.4) is 0 Å². The summed E-state index contributed by atoms with van der Waals surface area (Å²) in [6.07, 6.45) is 7.37. The maximum absolute atomic E-state index is 9.80. The minimum absolute atomic E-state index is 0.145. The van der Waals surface area contributed by atoms with E-state index in [9.17, 15) is 5.11 Å². The molecule has 24 heavy (non-hydrogen) atoms. The highest BCUT2D eigenvalue weighted by Gasteiger charge is 2.35. The van der Waals surface area contributed by atoms with Gasteiger partial charge in [-0.15, -0.1) is 0 Å². The van der Waals surface area contributed by atoms with E-state index in [1.54, 1.807) is 12.4 Å². The van der Waals surface area contributed by atoms with Crippen molar-refractivity contribution in [2.75, 3.05) is 31.2 Å². The summed E-state index contributed by atoms with van der Waals surface area (Å²) in [5.74, 6) is 1.72. The van der Waals surface area contributed by atoms with Gasteiger partial charge in [0.05, 0.1) is 25.2 Å². The van der Waals surface area contributed by atoms with E-state index in [1.807, 2.05) is 17.8 Å². The molecule has 1 fully saturated rings. The lowest BCUT2D eigenvalue weighted by atomic mass is 9.92. The second-order valence-electron chi connectivity index (χ2n) is 6.45. The topological polar surface area (TPSA) is 76.3 Å². The molecule has 0 unspecified atom stereocenters. The largest absolute Gasteiger partial charge is 0.477 e. The Balaban J connectivity index is 1.79. The number of rotatable bonds is 6. The van der Waals surface area contributed by atoms with Crippen LogP contribution < -0.4 is 9.64 Å². The number of aliphatic hydroxyl groups excluding tert-OH is 1. The summed E-state index contributed by atoms with van der Waals surface area (Å²) in [6.45, 7) is 8.39. The fraction of sp³-hybridized carbons (Fsp3) is 0.588. The molecule has 0 aromatic carbocycles. The van der Waals surface area contributed by atoms with Gasteiger partial charge in [0.25, 0.3) is 0 Å². The maximum Gasteiger partial charge on any atom is 0.234 e. The van der Waals surface area contributed by atoms with Gasteiger partial charge in [-0.1, -0.05) is 0 Å². The lowest BCUT2D eigenvalue weighted by Crippen LogP contribution is -2.22. The Morgan fingerprint density at radius 2 is 2.12 bits per heavy atom. The number of anilines is 1. The second kappa shape index (κ2) is 7.17. The zero-order valence-electron chi connectivity index (χ0n) is 14.5. The Bertz CT molecular complexity index is 673. The van der Waals surface area contributed by atoms with Gasteiger partial charge in [0.1, 0.15) is 0 Å². The van der Waals surface area contributed by atoms with Crippen LogP contribution in [0, 0.1) is 5.92 Å². The fourth-order valence-electron chi connectivity index (χ4n) is 3.16. The average molecular weight is 331 g/mol. The third kappa shape index (κ3) is 3.36. The highest BCUT2D eigenvalue weighted by Crippen LogP contribution is 2.34. The zero-order chi connectivity index (χ0) is 17.1. The number of hydrogen-bond acceptors (Lipinski definition) is 6. The molecule has 1 saturated heterocycles. The molecule has 130 valence electrons. The van der Waals surface area contributed by atoms with E-state index in [0.717, 1.165) is 18.9 Å². The Morgan fingerprint density at radius 3 is 2.79 bits per heavy atom. The van der Waals surface area contributed by atoms with Crippen molar-refractivity contribution in [3.63, 3.8) is 0 Å². The highest BCUT2D eigenvalue weighted by atomic mass is 16.5. The Hall–Kier alpha value is -2.15. The predicted molar refractivity (Wildman–Crippen MR) is 91.3 cm³/mol. The molecule has 2 aromatic rings. The van der Waals surface area contributed by atoms with Gasteiger partial charge in [-0.25, -0.2) is 0 Å². The number of aromatic nitrogens is 4. The molecule has 1 aliphatic rings. The van der Waals surface area contributed by atoms with Gasteiger partial charge in [-0.05, 0) is 26.3 Å². The molecular weight excluding hydrogens is 306 g/mol. The molecule has 1 N–H and O–H groups in total. The van der Waals surface area contributed by atoms with E-state index in [1.165, 1.54) is 5.56 Å². The van der Waals surface area contributed by atoms with E-state index < -0.39 is 0 Å². The third-order valence-corrected chi connectivity index (χ3v) is 4.47. The second-order valence-corrected chi connectivity index (χ2v) is 6.45. The molecule has 7 heteroatoms. The molecule has 7 nitrogen and oxygen atoms in total. The van der Waals surface area contributed by atoms with E-state index in [2.05, 4.69) is 40.0 Å². The van der Waals surface area contributed by atoms with E-state index in [0.29, 0.717) is 18.5 Å². The minimum Gasteiger partial charge on any atom is -0.477 e. The minimum atomic E-state index is 0.145. The summed E-state index contributed by atoms with van der Waals surface area (Å²) < 4.78 is 7.40. The standard InChI is InChI=1S/C17H25N5O2/c1-4-24-17-7-18-6-16(20-17)21-8-14(11-23)15(10-21)13-5-19-22(9-13)12(2)3/h5-7,9,12,14-15,23H,4,8,10-11H2,1-3H3/t14-,15-/m0/s1. The first kappa shape index (κ1) is 16.7. The Labute approximate surface area is 142 Å². The van der Waals surface area contributed by atoms with Crippen LogP contribution in [0.4, 0.5) is 5.82 Å². The molecule has 3 rings (SSSR count). The van der Waals surface area contributed by atoms with Crippen molar-refractivity contribution in [2.24, 2.45) is 5.92 Å². The molecule has 2 atom stereocenters. The SMILES string of the molecule is CCOc1cncc(N2C[C@@H](CO)[C@H](c3cnn(C(C)C)c3)C2)n1. The van der Waals surface area contributed by atoms with Gasteiger partial charge in [0.15, 0.2) is 5.82 Å². The number of ether oxygens (including phenoxy) is 1. The van der Waals surface area contributed by atoms with Gasteiger partial charge in [-0.2, -0.15) is 10.1 Å². The van der Waals surface area contributed by atoms with Crippen molar-refractivity contribution in [1.82, 2.24) is 19.7 Å². The molecule has 0 saturated carbocycles. The first-order chi connectivity index (χ1) is 11.6. The predicted octanol–water partition coefficient (Wildman–Crippen LogP) is 1.86. The van der Waals surface area contributed by atoms with Gasteiger partial charge in [0, 0.05) is 43.8 Å². The number of hydrogen-bond donors (Lipinski definition) is 1. The smallest absolute Gasteiger partial charge is 0.234 e.